The summed E-state index contributed by atoms with van der Waals surface area (Å²) in [5.74, 6) is 1.66. The molecule has 0 aliphatic carbocycles. The van der Waals surface area contributed by atoms with E-state index < -0.39 is 0 Å². The van der Waals surface area contributed by atoms with Gasteiger partial charge in [0.15, 0.2) is 5.96 Å². The van der Waals surface area contributed by atoms with Gasteiger partial charge in [-0.25, -0.2) is 4.98 Å². The summed E-state index contributed by atoms with van der Waals surface area (Å²) in [4.78, 5) is 8.33. The zero-order valence-corrected chi connectivity index (χ0v) is 15.1. The average molecular weight is 357 g/mol. The van der Waals surface area contributed by atoms with Crippen LogP contribution in [0.15, 0.2) is 52.0 Å². The first-order chi connectivity index (χ1) is 12.2. The molecule has 0 saturated carbocycles. The van der Waals surface area contributed by atoms with Crippen LogP contribution in [0.25, 0.3) is 11.0 Å². The number of benzene rings is 1. The maximum Gasteiger partial charge on any atom is 0.191 e. The maximum absolute atomic E-state index is 5.91. The van der Waals surface area contributed by atoms with Gasteiger partial charge in [-0.15, -0.1) is 0 Å². The number of aromatic nitrogens is 1. The molecule has 0 fully saturated rings. The standard InChI is InChI=1S/C19H21ClN4O/c1-13-15-5-3-4-6-16(15)25-17(13)12-24-19(21-2)22-10-9-14-7-8-18(20)23-11-14/h3-8,11H,9-10,12H2,1-2H3,(H2,21,22,24). The predicted molar refractivity (Wildman–Crippen MR) is 102 cm³/mol. The highest BCUT2D eigenvalue weighted by atomic mass is 35.5. The summed E-state index contributed by atoms with van der Waals surface area (Å²) in [7, 11) is 1.75. The third-order valence-corrected chi connectivity index (χ3v) is 4.30. The van der Waals surface area contributed by atoms with Gasteiger partial charge in [0, 0.05) is 30.7 Å². The van der Waals surface area contributed by atoms with E-state index in [1.807, 2.05) is 24.3 Å². The van der Waals surface area contributed by atoms with Crippen molar-refractivity contribution in [2.45, 2.75) is 19.9 Å². The normalized spacial score (nSPS) is 11.7. The number of aliphatic imine (C=N–C) groups is 1. The Morgan fingerprint density at radius 2 is 2.04 bits per heavy atom. The van der Waals surface area contributed by atoms with E-state index in [4.69, 9.17) is 16.0 Å². The second-order valence-electron chi connectivity index (χ2n) is 5.74. The molecule has 0 aliphatic heterocycles. The summed E-state index contributed by atoms with van der Waals surface area (Å²) in [6, 6.07) is 11.8. The van der Waals surface area contributed by atoms with Crippen LogP contribution in [0.1, 0.15) is 16.9 Å². The fourth-order valence-electron chi connectivity index (χ4n) is 2.66. The van der Waals surface area contributed by atoms with Crippen LogP contribution in [0.3, 0.4) is 0 Å². The van der Waals surface area contributed by atoms with Gasteiger partial charge in [-0.2, -0.15) is 0 Å². The van der Waals surface area contributed by atoms with Crippen molar-refractivity contribution in [3.63, 3.8) is 0 Å². The molecule has 2 aromatic heterocycles. The summed E-state index contributed by atoms with van der Waals surface area (Å²) in [6.07, 6.45) is 2.63. The quantitative estimate of drug-likeness (QED) is 0.415. The lowest BCUT2D eigenvalue weighted by atomic mass is 10.1. The van der Waals surface area contributed by atoms with Gasteiger partial charge in [0.05, 0.1) is 6.54 Å². The van der Waals surface area contributed by atoms with E-state index in [9.17, 15) is 0 Å². The maximum atomic E-state index is 5.91. The van der Waals surface area contributed by atoms with Crippen LogP contribution in [0, 0.1) is 6.92 Å². The van der Waals surface area contributed by atoms with Crippen LogP contribution in [0.2, 0.25) is 5.15 Å². The summed E-state index contributed by atoms with van der Waals surface area (Å²) >= 11 is 5.80. The Kier molecular flexibility index (Phi) is 5.56. The Bertz CT molecular complexity index is 871. The minimum absolute atomic E-state index is 0.510. The van der Waals surface area contributed by atoms with Crippen molar-refractivity contribution < 1.29 is 4.42 Å². The molecule has 1 aromatic carbocycles. The number of rotatable bonds is 5. The SMILES string of the molecule is CN=C(NCCc1ccc(Cl)nc1)NCc1oc2ccccc2c1C. The summed E-state index contributed by atoms with van der Waals surface area (Å²) in [5, 5.41) is 8.24. The molecule has 2 heterocycles. The first-order valence-electron chi connectivity index (χ1n) is 8.19. The molecule has 0 unspecified atom stereocenters. The van der Waals surface area contributed by atoms with Crippen molar-refractivity contribution in [3.05, 3.63) is 64.6 Å². The molecule has 0 radical (unpaired) electrons. The number of guanidine groups is 1. The van der Waals surface area contributed by atoms with Crippen LogP contribution in [-0.2, 0) is 13.0 Å². The Morgan fingerprint density at radius 1 is 1.20 bits per heavy atom. The second-order valence-corrected chi connectivity index (χ2v) is 6.13. The molecule has 0 aliphatic rings. The lowest BCUT2D eigenvalue weighted by molar-refractivity contribution is 0.534. The van der Waals surface area contributed by atoms with Gasteiger partial charge in [-0.3, -0.25) is 4.99 Å². The Labute approximate surface area is 152 Å². The topological polar surface area (TPSA) is 62.5 Å². The highest BCUT2D eigenvalue weighted by molar-refractivity contribution is 6.29. The van der Waals surface area contributed by atoms with E-state index in [1.54, 1.807) is 19.3 Å². The smallest absolute Gasteiger partial charge is 0.191 e. The molecule has 0 bridgehead atoms. The largest absolute Gasteiger partial charge is 0.459 e. The number of nitrogens with zero attached hydrogens (tertiary/aromatic N) is 2. The van der Waals surface area contributed by atoms with Crippen LogP contribution >= 0.6 is 11.6 Å². The number of hydrogen-bond donors (Lipinski definition) is 2. The highest BCUT2D eigenvalue weighted by Crippen LogP contribution is 2.24. The summed E-state index contributed by atoms with van der Waals surface area (Å²) in [5.41, 5.74) is 3.20. The third kappa shape index (κ3) is 4.31. The molecule has 130 valence electrons. The van der Waals surface area contributed by atoms with Crippen molar-refractivity contribution in [3.8, 4) is 0 Å². The fourth-order valence-corrected chi connectivity index (χ4v) is 2.77. The molecule has 2 N–H and O–H groups in total. The van der Waals surface area contributed by atoms with Gasteiger partial charge in [0.1, 0.15) is 16.5 Å². The van der Waals surface area contributed by atoms with E-state index in [2.05, 4.69) is 33.6 Å². The Morgan fingerprint density at radius 3 is 2.76 bits per heavy atom. The van der Waals surface area contributed by atoms with Gasteiger partial charge in [-0.05, 0) is 31.0 Å². The molecule has 0 saturated heterocycles. The average Bonchev–Trinajstić information content (AvgIpc) is 2.96. The van der Waals surface area contributed by atoms with Crippen molar-refractivity contribution in [2.75, 3.05) is 13.6 Å². The Balaban J connectivity index is 1.53. The molecule has 0 spiro atoms. The van der Waals surface area contributed by atoms with Crippen molar-refractivity contribution in [1.29, 1.82) is 0 Å². The van der Waals surface area contributed by atoms with E-state index in [0.717, 1.165) is 46.8 Å². The number of nitrogens with one attached hydrogen (secondary N) is 2. The van der Waals surface area contributed by atoms with Crippen LogP contribution in [-0.4, -0.2) is 24.5 Å². The van der Waals surface area contributed by atoms with E-state index in [1.165, 1.54) is 0 Å². The molecule has 25 heavy (non-hydrogen) atoms. The van der Waals surface area contributed by atoms with Crippen LogP contribution < -0.4 is 10.6 Å². The van der Waals surface area contributed by atoms with Crippen molar-refractivity contribution in [1.82, 2.24) is 15.6 Å². The number of fused-ring (bicyclic) bond motifs is 1. The molecule has 3 aromatic rings. The number of halogens is 1. The number of furan rings is 1. The van der Waals surface area contributed by atoms with Crippen LogP contribution in [0.5, 0.6) is 0 Å². The number of pyridine rings is 1. The van der Waals surface area contributed by atoms with Gasteiger partial charge in [-0.1, -0.05) is 35.9 Å². The molecule has 5 nitrogen and oxygen atoms in total. The molecule has 0 atom stereocenters. The van der Waals surface area contributed by atoms with Crippen molar-refractivity contribution in [2.24, 2.45) is 4.99 Å². The molecular weight excluding hydrogens is 336 g/mol. The second kappa shape index (κ2) is 8.03. The van der Waals surface area contributed by atoms with Gasteiger partial charge >= 0.3 is 0 Å². The molecular formula is C19H21ClN4O. The number of para-hydroxylation sites is 1. The fraction of sp³-hybridized carbons (Fsp3) is 0.263. The van der Waals surface area contributed by atoms with E-state index in [0.29, 0.717) is 11.7 Å². The number of aryl methyl sites for hydroxylation is 1. The summed E-state index contributed by atoms with van der Waals surface area (Å²) < 4.78 is 5.91. The van der Waals surface area contributed by atoms with Crippen LogP contribution in [0.4, 0.5) is 0 Å². The highest BCUT2D eigenvalue weighted by Gasteiger charge is 2.10. The lowest BCUT2D eigenvalue weighted by Crippen LogP contribution is -2.37. The van der Waals surface area contributed by atoms with E-state index in [-0.39, 0.29) is 0 Å². The Hall–Kier alpha value is -2.53. The van der Waals surface area contributed by atoms with Gasteiger partial charge < -0.3 is 15.1 Å². The summed E-state index contributed by atoms with van der Waals surface area (Å²) in [6.45, 7) is 3.41. The zero-order valence-electron chi connectivity index (χ0n) is 14.3. The predicted octanol–water partition coefficient (Wildman–Crippen LogP) is 3.70. The molecule has 0 amide bonds. The molecule has 6 heteroatoms. The van der Waals surface area contributed by atoms with E-state index >= 15 is 0 Å². The zero-order chi connectivity index (χ0) is 17.6. The monoisotopic (exact) mass is 356 g/mol. The van der Waals surface area contributed by atoms with Crippen molar-refractivity contribution >= 4 is 28.5 Å². The lowest BCUT2D eigenvalue weighted by Gasteiger charge is -2.11. The minimum atomic E-state index is 0.510. The van der Waals surface area contributed by atoms with Gasteiger partial charge in [0.25, 0.3) is 0 Å². The van der Waals surface area contributed by atoms with Gasteiger partial charge in [0.2, 0.25) is 0 Å². The first kappa shape index (κ1) is 17.3. The molecule has 3 rings (SSSR count). The number of hydrogen-bond acceptors (Lipinski definition) is 3. The minimum Gasteiger partial charge on any atom is -0.459 e. The first-order valence-corrected chi connectivity index (χ1v) is 8.57. The third-order valence-electron chi connectivity index (χ3n) is 4.08.